The van der Waals surface area contributed by atoms with Crippen molar-refractivity contribution in [3.63, 3.8) is 0 Å². The molecule has 3 aromatic carbocycles. The van der Waals surface area contributed by atoms with Crippen LogP contribution < -0.4 is 0 Å². The molecule has 0 heterocycles. The molecular weight excluding hydrogens is 256 g/mol. The molecule has 3 aromatic rings. The number of carbonyl (C=O) groups is 1. The van der Waals surface area contributed by atoms with Gasteiger partial charge in [-0.15, -0.1) is 0 Å². The van der Waals surface area contributed by atoms with Crippen LogP contribution in [0.15, 0.2) is 48.5 Å². The van der Waals surface area contributed by atoms with Gasteiger partial charge >= 0.3 is 0 Å². The topological polar surface area (TPSA) is 17.1 Å². The van der Waals surface area contributed by atoms with Crippen molar-refractivity contribution < 1.29 is 4.79 Å². The van der Waals surface area contributed by atoms with E-state index in [1.807, 2.05) is 18.2 Å². The Morgan fingerprint density at radius 3 is 2.05 bits per heavy atom. The summed E-state index contributed by atoms with van der Waals surface area (Å²) in [5.41, 5.74) is 6.95. The third-order valence-electron chi connectivity index (χ3n) is 4.70. The maximum absolute atomic E-state index is 12.4. The van der Waals surface area contributed by atoms with E-state index in [2.05, 4.69) is 44.2 Å². The summed E-state index contributed by atoms with van der Waals surface area (Å²) >= 11 is 0. The van der Waals surface area contributed by atoms with Gasteiger partial charge in [-0.05, 0) is 52.4 Å². The van der Waals surface area contributed by atoms with Gasteiger partial charge in [0.1, 0.15) is 0 Å². The Bertz CT molecular complexity index is 903. The van der Waals surface area contributed by atoms with E-state index in [-0.39, 0.29) is 5.78 Å². The SMILES string of the molecule is Cc1c2c(c(C)c3ccccc13)-c1ccccc1C(=O)C2. The normalized spacial score (nSPS) is 13.1. The predicted octanol–water partition coefficient (Wildman–Crippen LogP) is 4.86. The molecule has 0 spiro atoms. The Hall–Kier alpha value is -2.41. The number of rotatable bonds is 0. The molecule has 1 aliphatic carbocycles. The van der Waals surface area contributed by atoms with Crippen molar-refractivity contribution in [2.45, 2.75) is 20.3 Å². The largest absolute Gasteiger partial charge is 0.294 e. The first-order chi connectivity index (χ1) is 10.2. The number of fused-ring (bicyclic) bond motifs is 4. The molecule has 0 aliphatic heterocycles. The van der Waals surface area contributed by atoms with Crippen LogP contribution in [0.3, 0.4) is 0 Å². The molecule has 21 heavy (non-hydrogen) atoms. The summed E-state index contributed by atoms with van der Waals surface area (Å²) in [6.45, 7) is 4.31. The second-order valence-electron chi connectivity index (χ2n) is 5.79. The fraction of sp³-hybridized carbons (Fsp3) is 0.150. The summed E-state index contributed by atoms with van der Waals surface area (Å²) in [6, 6.07) is 16.5. The van der Waals surface area contributed by atoms with Gasteiger partial charge in [-0.3, -0.25) is 4.79 Å². The van der Waals surface area contributed by atoms with Crippen molar-refractivity contribution in [2.75, 3.05) is 0 Å². The van der Waals surface area contributed by atoms with Crippen LogP contribution in [0.2, 0.25) is 0 Å². The monoisotopic (exact) mass is 272 g/mol. The molecule has 1 heteroatoms. The van der Waals surface area contributed by atoms with Crippen LogP contribution in [0, 0.1) is 13.8 Å². The van der Waals surface area contributed by atoms with Crippen LogP contribution in [0.25, 0.3) is 21.9 Å². The Labute approximate surface area is 124 Å². The quantitative estimate of drug-likeness (QED) is 0.571. The van der Waals surface area contributed by atoms with Crippen LogP contribution in [0.4, 0.5) is 0 Å². The van der Waals surface area contributed by atoms with Crippen molar-refractivity contribution in [3.05, 3.63) is 70.8 Å². The predicted molar refractivity (Wildman–Crippen MR) is 86.9 cm³/mol. The molecule has 1 aliphatic rings. The molecule has 0 amide bonds. The van der Waals surface area contributed by atoms with Crippen molar-refractivity contribution in [3.8, 4) is 11.1 Å². The molecule has 1 nitrogen and oxygen atoms in total. The van der Waals surface area contributed by atoms with Crippen molar-refractivity contribution in [2.24, 2.45) is 0 Å². The molecular formula is C20H16O. The Morgan fingerprint density at radius 2 is 1.33 bits per heavy atom. The number of hydrogen-bond donors (Lipinski definition) is 0. The van der Waals surface area contributed by atoms with Gasteiger partial charge in [-0.25, -0.2) is 0 Å². The molecule has 0 unspecified atom stereocenters. The molecule has 0 radical (unpaired) electrons. The molecule has 0 atom stereocenters. The Balaban J connectivity index is 2.21. The summed E-state index contributed by atoms with van der Waals surface area (Å²) in [4.78, 5) is 12.4. The second-order valence-corrected chi connectivity index (χ2v) is 5.79. The maximum atomic E-state index is 12.4. The fourth-order valence-corrected chi connectivity index (χ4v) is 3.63. The summed E-state index contributed by atoms with van der Waals surface area (Å²) in [7, 11) is 0. The summed E-state index contributed by atoms with van der Waals surface area (Å²) < 4.78 is 0. The van der Waals surface area contributed by atoms with Gasteiger partial charge in [0.25, 0.3) is 0 Å². The minimum absolute atomic E-state index is 0.232. The standard InChI is InChI=1S/C20H16O/c1-12-14-7-3-4-8-15(14)13(2)20-17-10-6-5-9-16(17)19(21)11-18(12)20/h3-10H,11H2,1-2H3. The average molecular weight is 272 g/mol. The fourth-order valence-electron chi connectivity index (χ4n) is 3.63. The number of aryl methyl sites for hydroxylation is 2. The molecule has 0 aromatic heterocycles. The zero-order valence-electron chi connectivity index (χ0n) is 12.2. The minimum atomic E-state index is 0.232. The van der Waals surface area contributed by atoms with E-state index in [1.54, 1.807) is 0 Å². The molecule has 0 saturated heterocycles. The number of hydrogen-bond acceptors (Lipinski definition) is 1. The molecule has 0 N–H and O–H groups in total. The molecule has 0 bridgehead atoms. The minimum Gasteiger partial charge on any atom is -0.294 e. The van der Waals surface area contributed by atoms with Gasteiger partial charge in [0.2, 0.25) is 0 Å². The van der Waals surface area contributed by atoms with Crippen molar-refractivity contribution in [1.82, 2.24) is 0 Å². The summed E-state index contributed by atoms with van der Waals surface area (Å²) in [5, 5.41) is 2.55. The smallest absolute Gasteiger partial charge is 0.167 e. The third kappa shape index (κ3) is 1.61. The van der Waals surface area contributed by atoms with E-state index in [4.69, 9.17) is 0 Å². The van der Waals surface area contributed by atoms with Gasteiger partial charge < -0.3 is 0 Å². The first-order valence-corrected chi connectivity index (χ1v) is 7.32. The van der Waals surface area contributed by atoms with E-state index in [0.29, 0.717) is 6.42 Å². The van der Waals surface area contributed by atoms with Crippen LogP contribution in [-0.2, 0) is 6.42 Å². The van der Waals surface area contributed by atoms with Gasteiger partial charge in [-0.1, -0.05) is 48.5 Å². The first kappa shape index (κ1) is 12.3. The van der Waals surface area contributed by atoms with Crippen LogP contribution in [0.1, 0.15) is 27.0 Å². The third-order valence-corrected chi connectivity index (χ3v) is 4.70. The molecule has 102 valence electrons. The van der Waals surface area contributed by atoms with E-state index < -0.39 is 0 Å². The lowest BCUT2D eigenvalue weighted by molar-refractivity contribution is 0.0992. The Kier molecular flexibility index (Phi) is 2.52. The van der Waals surface area contributed by atoms with Crippen LogP contribution in [-0.4, -0.2) is 5.78 Å². The van der Waals surface area contributed by atoms with Gasteiger partial charge in [0.15, 0.2) is 5.78 Å². The highest BCUT2D eigenvalue weighted by atomic mass is 16.1. The first-order valence-electron chi connectivity index (χ1n) is 7.32. The second kappa shape index (κ2) is 4.29. The summed E-state index contributed by atoms with van der Waals surface area (Å²) in [6.07, 6.45) is 0.518. The van der Waals surface area contributed by atoms with E-state index in [1.165, 1.54) is 33.0 Å². The zero-order valence-corrected chi connectivity index (χ0v) is 12.2. The highest BCUT2D eigenvalue weighted by molar-refractivity contribution is 6.10. The van der Waals surface area contributed by atoms with E-state index in [9.17, 15) is 4.79 Å². The maximum Gasteiger partial charge on any atom is 0.167 e. The number of Topliss-reactive ketones (excluding diaryl/α,β-unsaturated/α-hetero) is 1. The lowest BCUT2D eigenvalue weighted by Crippen LogP contribution is -2.15. The molecule has 0 saturated carbocycles. The number of carbonyl (C=O) groups excluding carboxylic acids is 1. The van der Waals surface area contributed by atoms with Gasteiger partial charge in [-0.2, -0.15) is 0 Å². The average Bonchev–Trinajstić information content (AvgIpc) is 2.53. The van der Waals surface area contributed by atoms with E-state index >= 15 is 0 Å². The van der Waals surface area contributed by atoms with E-state index in [0.717, 1.165) is 11.1 Å². The highest BCUT2D eigenvalue weighted by Gasteiger charge is 2.26. The highest BCUT2D eigenvalue weighted by Crippen LogP contribution is 2.41. The number of ketones is 1. The summed E-state index contributed by atoms with van der Waals surface area (Å²) in [5.74, 6) is 0.232. The van der Waals surface area contributed by atoms with Crippen molar-refractivity contribution >= 4 is 16.6 Å². The van der Waals surface area contributed by atoms with Crippen LogP contribution >= 0.6 is 0 Å². The molecule has 0 fully saturated rings. The Morgan fingerprint density at radius 1 is 0.762 bits per heavy atom. The zero-order chi connectivity index (χ0) is 14.6. The van der Waals surface area contributed by atoms with Crippen molar-refractivity contribution in [1.29, 1.82) is 0 Å². The van der Waals surface area contributed by atoms with Gasteiger partial charge in [0, 0.05) is 12.0 Å². The number of benzene rings is 3. The lowest BCUT2D eigenvalue weighted by Gasteiger charge is -2.24. The molecule has 4 rings (SSSR count). The lowest BCUT2D eigenvalue weighted by atomic mass is 9.78. The van der Waals surface area contributed by atoms with Crippen LogP contribution in [0.5, 0.6) is 0 Å². The van der Waals surface area contributed by atoms with Gasteiger partial charge in [0.05, 0.1) is 0 Å².